The van der Waals surface area contributed by atoms with Crippen LogP contribution < -0.4 is 15.4 Å². The first-order valence-corrected chi connectivity index (χ1v) is 11.7. The fraction of sp³-hybridized carbons (Fsp3) is 0.423. The molecule has 1 aliphatic heterocycles. The summed E-state index contributed by atoms with van der Waals surface area (Å²) in [7, 11) is 1.54. The molecule has 10 heteroatoms. The smallest absolute Gasteiger partial charge is 0.389 e. The summed E-state index contributed by atoms with van der Waals surface area (Å²) in [6, 6.07) is 6.05. The third kappa shape index (κ3) is 6.99. The first kappa shape index (κ1) is 27.0. The monoisotopic (exact) mass is 505 g/mol. The summed E-state index contributed by atoms with van der Waals surface area (Å²) in [5.74, 6) is -0.593. The molecule has 0 saturated heterocycles. The van der Waals surface area contributed by atoms with Gasteiger partial charge in [0.1, 0.15) is 11.8 Å². The molecule has 2 atom stereocenters. The number of benzene rings is 1. The number of nitrogens with zero attached hydrogens (tertiary/aromatic N) is 1. The predicted octanol–water partition coefficient (Wildman–Crippen LogP) is 4.49. The molecule has 0 aromatic heterocycles. The molecule has 1 aliphatic carbocycles. The zero-order valence-corrected chi connectivity index (χ0v) is 20.4. The molecule has 0 spiro atoms. The summed E-state index contributed by atoms with van der Waals surface area (Å²) in [6.45, 7) is 3.47. The van der Waals surface area contributed by atoms with Gasteiger partial charge < -0.3 is 20.3 Å². The number of rotatable bonds is 8. The predicted molar refractivity (Wildman–Crippen MR) is 129 cm³/mol. The van der Waals surface area contributed by atoms with Gasteiger partial charge in [-0.15, -0.1) is 0 Å². The van der Waals surface area contributed by atoms with Crippen LogP contribution in [-0.2, 0) is 14.4 Å². The lowest BCUT2D eigenvalue weighted by molar-refractivity contribution is -0.136. The van der Waals surface area contributed by atoms with Crippen LogP contribution in [0.2, 0.25) is 0 Å². The van der Waals surface area contributed by atoms with Crippen LogP contribution in [0.25, 0.3) is 0 Å². The van der Waals surface area contributed by atoms with Crippen LogP contribution in [0.3, 0.4) is 0 Å². The Morgan fingerprint density at radius 3 is 2.47 bits per heavy atom. The lowest BCUT2D eigenvalue weighted by Gasteiger charge is -2.36. The van der Waals surface area contributed by atoms with E-state index in [-0.39, 0.29) is 43.4 Å². The van der Waals surface area contributed by atoms with Gasteiger partial charge in [-0.2, -0.15) is 13.2 Å². The maximum atomic E-state index is 13.0. The number of anilines is 1. The number of allylic oxidation sites excluding steroid dienone is 3. The van der Waals surface area contributed by atoms with Crippen LogP contribution in [0.1, 0.15) is 39.5 Å². The molecule has 2 aliphatic rings. The SMILES string of the molecule is COc1ccc(NC(=O)C2=CN(C3=CC(=O)C(C)C(C)=C3)C(C(=O)NCCCC(F)(F)F)CC2)cc1. The Bertz CT molecular complexity index is 1090. The van der Waals surface area contributed by atoms with E-state index < -0.39 is 24.5 Å². The maximum Gasteiger partial charge on any atom is 0.389 e. The van der Waals surface area contributed by atoms with Crippen LogP contribution in [-0.4, -0.2) is 48.4 Å². The highest BCUT2D eigenvalue weighted by atomic mass is 19.4. The van der Waals surface area contributed by atoms with E-state index in [1.165, 1.54) is 6.08 Å². The quantitative estimate of drug-likeness (QED) is 0.509. The normalized spacial score (nSPS) is 20.2. The molecule has 0 radical (unpaired) electrons. The zero-order valence-electron chi connectivity index (χ0n) is 20.4. The molecule has 1 heterocycles. The second-order valence-corrected chi connectivity index (χ2v) is 8.89. The molecule has 0 bridgehead atoms. The van der Waals surface area contributed by atoms with Gasteiger partial charge in [-0.25, -0.2) is 0 Å². The molecule has 1 aromatic rings. The molecular weight excluding hydrogens is 475 g/mol. The van der Waals surface area contributed by atoms with Gasteiger partial charge in [0.05, 0.1) is 7.11 Å². The number of alkyl halides is 3. The lowest BCUT2D eigenvalue weighted by Crippen LogP contribution is -2.47. The third-order valence-corrected chi connectivity index (χ3v) is 6.27. The Morgan fingerprint density at radius 1 is 1.17 bits per heavy atom. The van der Waals surface area contributed by atoms with Crippen molar-refractivity contribution in [3.8, 4) is 5.75 Å². The van der Waals surface area contributed by atoms with Crippen molar-refractivity contribution in [1.82, 2.24) is 10.2 Å². The van der Waals surface area contributed by atoms with Crippen LogP contribution >= 0.6 is 0 Å². The number of ether oxygens (including phenoxy) is 1. The first-order valence-electron chi connectivity index (χ1n) is 11.7. The topological polar surface area (TPSA) is 87.7 Å². The van der Waals surface area contributed by atoms with E-state index in [1.54, 1.807) is 55.5 Å². The summed E-state index contributed by atoms with van der Waals surface area (Å²) in [5, 5.41) is 5.38. The Kier molecular flexibility index (Phi) is 8.60. The van der Waals surface area contributed by atoms with Crippen molar-refractivity contribution in [3.05, 3.63) is 59.5 Å². The molecule has 0 saturated carbocycles. The van der Waals surface area contributed by atoms with Gasteiger partial charge in [0, 0.05) is 48.1 Å². The Morgan fingerprint density at radius 2 is 1.86 bits per heavy atom. The number of methoxy groups -OCH3 is 1. The van der Waals surface area contributed by atoms with Crippen molar-refractivity contribution in [2.24, 2.45) is 5.92 Å². The third-order valence-electron chi connectivity index (χ3n) is 6.27. The van der Waals surface area contributed by atoms with E-state index in [0.717, 1.165) is 5.57 Å². The van der Waals surface area contributed by atoms with Crippen LogP contribution in [0.15, 0.2) is 59.5 Å². The molecule has 3 rings (SSSR count). The first-order chi connectivity index (χ1) is 17.0. The van der Waals surface area contributed by atoms with Gasteiger partial charge in [0.2, 0.25) is 5.91 Å². The average molecular weight is 506 g/mol. The van der Waals surface area contributed by atoms with Crippen molar-refractivity contribution < 1.29 is 32.3 Å². The van der Waals surface area contributed by atoms with Crippen molar-refractivity contribution in [1.29, 1.82) is 0 Å². The highest BCUT2D eigenvalue weighted by Crippen LogP contribution is 2.31. The molecule has 36 heavy (non-hydrogen) atoms. The Balaban J connectivity index is 1.80. The minimum absolute atomic E-state index is 0.124. The van der Waals surface area contributed by atoms with Crippen molar-refractivity contribution >= 4 is 23.3 Å². The number of halogens is 3. The van der Waals surface area contributed by atoms with Gasteiger partial charge in [-0.05, 0) is 56.5 Å². The molecule has 194 valence electrons. The van der Waals surface area contributed by atoms with Gasteiger partial charge in [0.15, 0.2) is 5.78 Å². The minimum Gasteiger partial charge on any atom is -0.497 e. The van der Waals surface area contributed by atoms with E-state index >= 15 is 0 Å². The number of hydrogen-bond acceptors (Lipinski definition) is 5. The minimum atomic E-state index is -4.29. The number of hydrogen-bond donors (Lipinski definition) is 2. The van der Waals surface area contributed by atoms with Crippen molar-refractivity contribution in [3.63, 3.8) is 0 Å². The largest absolute Gasteiger partial charge is 0.497 e. The molecule has 2 N–H and O–H groups in total. The Labute approximate surface area is 208 Å². The number of amides is 2. The number of carbonyl (C=O) groups excluding carboxylic acids is 3. The lowest BCUT2D eigenvalue weighted by atomic mass is 9.90. The summed E-state index contributed by atoms with van der Waals surface area (Å²) >= 11 is 0. The summed E-state index contributed by atoms with van der Waals surface area (Å²) in [4.78, 5) is 39.9. The molecular formula is C26H30F3N3O4. The number of carbonyl (C=O) groups is 3. The van der Waals surface area contributed by atoms with E-state index in [1.807, 2.05) is 6.92 Å². The maximum absolute atomic E-state index is 13.0. The molecule has 2 amide bonds. The van der Waals surface area contributed by atoms with E-state index in [4.69, 9.17) is 4.74 Å². The van der Waals surface area contributed by atoms with E-state index in [9.17, 15) is 27.6 Å². The van der Waals surface area contributed by atoms with Crippen molar-refractivity contribution in [2.45, 2.75) is 51.7 Å². The second-order valence-electron chi connectivity index (χ2n) is 8.89. The second kappa shape index (κ2) is 11.5. The van der Waals surface area contributed by atoms with E-state index in [0.29, 0.717) is 22.7 Å². The fourth-order valence-electron chi connectivity index (χ4n) is 3.99. The Hall–Kier alpha value is -3.56. The summed E-state index contributed by atoms with van der Waals surface area (Å²) in [5.41, 5.74) is 2.24. The molecule has 2 unspecified atom stereocenters. The molecule has 7 nitrogen and oxygen atoms in total. The summed E-state index contributed by atoms with van der Waals surface area (Å²) < 4.78 is 42.4. The van der Waals surface area contributed by atoms with Gasteiger partial charge >= 0.3 is 6.18 Å². The highest BCUT2D eigenvalue weighted by molar-refractivity contribution is 6.04. The summed E-state index contributed by atoms with van der Waals surface area (Å²) in [6.07, 6.45) is -0.217. The average Bonchev–Trinajstić information content (AvgIpc) is 2.84. The highest BCUT2D eigenvalue weighted by Gasteiger charge is 2.33. The van der Waals surface area contributed by atoms with Crippen LogP contribution in [0.4, 0.5) is 18.9 Å². The van der Waals surface area contributed by atoms with Crippen LogP contribution in [0, 0.1) is 5.92 Å². The van der Waals surface area contributed by atoms with Gasteiger partial charge in [0.25, 0.3) is 5.91 Å². The molecule has 1 aromatic carbocycles. The van der Waals surface area contributed by atoms with E-state index in [2.05, 4.69) is 10.6 Å². The van der Waals surface area contributed by atoms with Crippen molar-refractivity contribution in [2.75, 3.05) is 19.0 Å². The number of nitrogens with one attached hydrogen (secondary N) is 2. The van der Waals surface area contributed by atoms with Gasteiger partial charge in [-0.1, -0.05) is 12.5 Å². The standard InChI is InChI=1S/C26H30F3N3O4/c1-16-13-20(14-23(33)17(16)2)32-15-18(24(34)31-19-6-8-21(36-3)9-7-19)5-10-22(32)25(35)30-12-4-11-26(27,28)29/h6-9,13-15,17,22H,4-5,10-12H2,1-3H3,(H,30,35)(H,31,34). The molecule has 0 fully saturated rings. The fourth-order valence-corrected chi connectivity index (χ4v) is 3.99. The zero-order chi connectivity index (χ0) is 26.5. The number of ketones is 1. The van der Waals surface area contributed by atoms with Gasteiger partial charge in [-0.3, -0.25) is 14.4 Å². The van der Waals surface area contributed by atoms with Crippen LogP contribution in [0.5, 0.6) is 5.75 Å².